The highest BCUT2D eigenvalue weighted by Crippen LogP contribution is 2.46. The molecule has 2 saturated heterocycles. The summed E-state index contributed by atoms with van der Waals surface area (Å²) in [6.45, 7) is 10.6. The van der Waals surface area contributed by atoms with Gasteiger partial charge in [0.2, 0.25) is 5.91 Å². The largest absolute Gasteiger partial charge is 0.457 e. The molecule has 9 heteroatoms. The van der Waals surface area contributed by atoms with Crippen molar-refractivity contribution in [1.29, 1.82) is 0 Å². The predicted molar refractivity (Wildman–Crippen MR) is 115 cm³/mol. The molecule has 3 aliphatic rings. The van der Waals surface area contributed by atoms with Crippen molar-refractivity contribution in [1.82, 2.24) is 9.80 Å². The number of ether oxygens (including phenoxy) is 2. The molecule has 3 aliphatic heterocycles. The summed E-state index contributed by atoms with van der Waals surface area (Å²) in [7, 11) is 0. The van der Waals surface area contributed by atoms with Crippen molar-refractivity contribution in [2.45, 2.75) is 51.0 Å². The van der Waals surface area contributed by atoms with Crippen LogP contribution in [0.1, 0.15) is 26.7 Å². The van der Waals surface area contributed by atoms with Crippen LogP contribution in [0.15, 0.2) is 48.2 Å². The van der Waals surface area contributed by atoms with Gasteiger partial charge in [-0.2, -0.15) is 0 Å². The van der Waals surface area contributed by atoms with Gasteiger partial charge in [0, 0.05) is 0 Å². The van der Waals surface area contributed by atoms with E-state index in [1.54, 1.807) is 19.9 Å². The second-order valence-corrected chi connectivity index (χ2v) is 8.28. The number of rotatable bonds is 8. The number of aliphatic hydroxyl groups is 2. The number of esters is 1. The van der Waals surface area contributed by atoms with Crippen LogP contribution >= 0.6 is 0 Å². The quantitative estimate of drug-likeness (QED) is 0.328. The van der Waals surface area contributed by atoms with E-state index in [-0.39, 0.29) is 37.4 Å². The smallest absolute Gasteiger partial charge is 0.410 e. The number of carbonyl (C=O) groups excluding carboxylic acids is 3. The Morgan fingerprint density at radius 2 is 1.91 bits per heavy atom. The number of hydrogen-bond acceptors (Lipinski definition) is 7. The van der Waals surface area contributed by atoms with E-state index in [4.69, 9.17) is 9.47 Å². The van der Waals surface area contributed by atoms with Crippen LogP contribution in [-0.4, -0.2) is 82.0 Å². The number of allylic oxidation sites excluding steroid dienone is 1. The number of nitrogens with zero attached hydrogens (tertiary/aromatic N) is 2. The minimum atomic E-state index is -0.835. The minimum absolute atomic E-state index is 0.00262. The van der Waals surface area contributed by atoms with E-state index in [1.165, 1.54) is 22.0 Å². The normalized spacial score (nSPS) is 28.2. The molecule has 0 aliphatic carbocycles. The molecule has 5 atom stereocenters. The van der Waals surface area contributed by atoms with E-state index in [0.717, 1.165) is 0 Å². The molecule has 0 spiro atoms. The lowest BCUT2D eigenvalue weighted by molar-refractivity contribution is -0.162. The lowest BCUT2D eigenvalue weighted by atomic mass is 9.82. The molecule has 2 fully saturated rings. The van der Waals surface area contributed by atoms with Crippen molar-refractivity contribution >= 4 is 18.0 Å². The molecule has 0 saturated carbocycles. The molecule has 0 radical (unpaired) electrons. The van der Waals surface area contributed by atoms with Crippen molar-refractivity contribution in [3.8, 4) is 0 Å². The third kappa shape index (κ3) is 4.35. The maximum Gasteiger partial charge on any atom is 0.410 e. The van der Waals surface area contributed by atoms with E-state index in [9.17, 15) is 24.6 Å². The molecule has 174 valence electrons. The first-order valence-electron chi connectivity index (χ1n) is 10.6. The van der Waals surface area contributed by atoms with Crippen LogP contribution in [0.2, 0.25) is 0 Å². The molecule has 0 aromatic carbocycles. The number of carbonyl (C=O) groups is 3. The molecular weight excluding hydrogens is 416 g/mol. The number of amides is 2. The monoisotopic (exact) mass is 446 g/mol. The molecule has 0 unspecified atom stereocenters. The maximum atomic E-state index is 12.8. The van der Waals surface area contributed by atoms with Gasteiger partial charge in [0.05, 0.1) is 36.8 Å². The summed E-state index contributed by atoms with van der Waals surface area (Å²) in [5.41, 5.74) is 1.48. The van der Waals surface area contributed by atoms with Gasteiger partial charge >= 0.3 is 12.1 Å². The SMILES string of the molecule is C=CCOC(=O)C1=C(C(C)=C[C@@H]2C[C@@H](O)CN2C(=O)OCC=C)C[C@@H]2[C@@H]([C@@H](C)O)C(=O)N12. The summed E-state index contributed by atoms with van der Waals surface area (Å²) >= 11 is 0. The minimum Gasteiger partial charge on any atom is -0.457 e. The van der Waals surface area contributed by atoms with Crippen molar-refractivity contribution in [3.63, 3.8) is 0 Å². The fourth-order valence-electron chi connectivity index (χ4n) is 4.63. The van der Waals surface area contributed by atoms with Crippen LogP contribution in [0.4, 0.5) is 4.79 Å². The Kier molecular flexibility index (Phi) is 7.20. The number of likely N-dealkylation sites (tertiary alicyclic amines) is 1. The highest BCUT2D eigenvalue weighted by Gasteiger charge is 2.57. The fraction of sp³-hybridized carbons (Fsp3) is 0.522. The number of β-lactam (4-membered cyclic amide) rings is 1. The first-order chi connectivity index (χ1) is 15.2. The Balaban J connectivity index is 1.90. The van der Waals surface area contributed by atoms with Gasteiger partial charge < -0.3 is 24.6 Å². The van der Waals surface area contributed by atoms with Crippen LogP contribution in [-0.2, 0) is 19.1 Å². The molecule has 3 heterocycles. The molecule has 3 rings (SSSR count). The van der Waals surface area contributed by atoms with Gasteiger partial charge in [-0.05, 0) is 37.8 Å². The van der Waals surface area contributed by atoms with Gasteiger partial charge in [0.25, 0.3) is 0 Å². The standard InChI is InChI=1S/C23H30N2O7/c1-5-7-31-22(29)20-17(11-18-19(14(4)26)21(28)25(18)20)13(3)9-15-10-16(27)12-24(15)23(30)32-8-6-2/h5-6,9,14-16,18-19,26-27H,1-2,7-8,10-12H2,3-4H3/t14-,15-,16-,18-,19-/m1/s1. The van der Waals surface area contributed by atoms with E-state index in [0.29, 0.717) is 24.0 Å². The second kappa shape index (κ2) is 9.70. The molecule has 2 N–H and O–H groups in total. The van der Waals surface area contributed by atoms with Crippen LogP contribution in [0.25, 0.3) is 0 Å². The van der Waals surface area contributed by atoms with Gasteiger partial charge in [-0.3, -0.25) is 9.69 Å². The topological polar surface area (TPSA) is 117 Å². The molecule has 9 nitrogen and oxygen atoms in total. The zero-order valence-electron chi connectivity index (χ0n) is 18.4. The Morgan fingerprint density at radius 1 is 1.25 bits per heavy atom. The van der Waals surface area contributed by atoms with E-state index >= 15 is 0 Å². The third-order valence-corrected chi connectivity index (χ3v) is 6.05. The maximum absolute atomic E-state index is 12.8. The number of fused-ring (bicyclic) bond motifs is 1. The van der Waals surface area contributed by atoms with Crippen molar-refractivity contribution in [2.75, 3.05) is 19.8 Å². The summed E-state index contributed by atoms with van der Waals surface area (Å²) in [5.74, 6) is -1.54. The fourth-order valence-corrected chi connectivity index (χ4v) is 4.63. The highest BCUT2D eigenvalue weighted by molar-refractivity contribution is 6.01. The van der Waals surface area contributed by atoms with Gasteiger partial charge in [-0.15, -0.1) is 0 Å². The Hall–Kier alpha value is -2.91. The molecule has 0 aromatic rings. The van der Waals surface area contributed by atoms with Gasteiger partial charge in [0.15, 0.2) is 0 Å². The Labute approximate surface area is 187 Å². The summed E-state index contributed by atoms with van der Waals surface area (Å²) in [6, 6.07) is -0.758. The Bertz CT molecular complexity index is 876. The molecule has 0 aromatic heterocycles. The van der Waals surface area contributed by atoms with E-state index in [1.807, 2.05) is 0 Å². The molecule has 0 bridgehead atoms. The van der Waals surface area contributed by atoms with Gasteiger partial charge in [0.1, 0.15) is 18.9 Å². The highest BCUT2D eigenvalue weighted by atomic mass is 16.6. The van der Waals surface area contributed by atoms with Crippen LogP contribution in [0, 0.1) is 5.92 Å². The zero-order chi connectivity index (χ0) is 23.6. The zero-order valence-corrected chi connectivity index (χ0v) is 18.4. The predicted octanol–water partition coefficient (Wildman–Crippen LogP) is 1.29. The van der Waals surface area contributed by atoms with Gasteiger partial charge in [-0.1, -0.05) is 31.4 Å². The number of aliphatic hydroxyl groups excluding tert-OH is 2. The second-order valence-electron chi connectivity index (χ2n) is 8.28. The lowest BCUT2D eigenvalue weighted by Gasteiger charge is -2.44. The van der Waals surface area contributed by atoms with E-state index < -0.39 is 36.2 Å². The number of hydrogen-bond donors (Lipinski definition) is 2. The summed E-state index contributed by atoms with van der Waals surface area (Å²) in [4.78, 5) is 40.6. The van der Waals surface area contributed by atoms with Crippen molar-refractivity contribution in [3.05, 3.63) is 48.2 Å². The van der Waals surface area contributed by atoms with Crippen LogP contribution in [0.5, 0.6) is 0 Å². The summed E-state index contributed by atoms with van der Waals surface area (Å²) in [5, 5.41) is 20.1. The number of β-amino-alcohol motifs (C(OH)–C–C–N with tert-alkyl or cyclic N) is 1. The van der Waals surface area contributed by atoms with Crippen LogP contribution in [0.3, 0.4) is 0 Å². The first kappa shape index (κ1) is 23.7. The van der Waals surface area contributed by atoms with Crippen molar-refractivity contribution in [2.24, 2.45) is 5.92 Å². The van der Waals surface area contributed by atoms with Gasteiger partial charge in [-0.25, -0.2) is 9.59 Å². The third-order valence-electron chi connectivity index (χ3n) is 6.05. The van der Waals surface area contributed by atoms with Crippen molar-refractivity contribution < 1.29 is 34.1 Å². The molecule has 2 amide bonds. The average Bonchev–Trinajstić information content (AvgIpc) is 3.27. The lowest BCUT2D eigenvalue weighted by Crippen LogP contribution is -2.61. The first-order valence-corrected chi connectivity index (χ1v) is 10.6. The molecular formula is C23H30N2O7. The average molecular weight is 447 g/mol. The molecule has 32 heavy (non-hydrogen) atoms. The van der Waals surface area contributed by atoms with E-state index in [2.05, 4.69) is 13.2 Å². The summed E-state index contributed by atoms with van der Waals surface area (Å²) < 4.78 is 10.3. The Morgan fingerprint density at radius 3 is 2.53 bits per heavy atom. The van der Waals surface area contributed by atoms with Crippen LogP contribution < -0.4 is 0 Å². The summed E-state index contributed by atoms with van der Waals surface area (Å²) in [6.07, 6.45) is 3.32.